The van der Waals surface area contributed by atoms with Gasteiger partial charge >= 0.3 is 11.9 Å². The molecule has 152 valence electrons. The van der Waals surface area contributed by atoms with Crippen molar-refractivity contribution >= 4 is 11.9 Å². The molecule has 0 amide bonds. The van der Waals surface area contributed by atoms with E-state index in [1.54, 1.807) is 12.1 Å². The lowest BCUT2D eigenvalue weighted by molar-refractivity contribution is -0.144. The first-order valence-corrected chi connectivity index (χ1v) is 10.1. The highest BCUT2D eigenvalue weighted by molar-refractivity contribution is 5.72. The Morgan fingerprint density at radius 1 is 0.889 bits per heavy atom. The topological polar surface area (TPSA) is 52.6 Å². The van der Waals surface area contributed by atoms with Crippen LogP contribution in [0.25, 0.3) is 0 Å². The molecule has 0 heterocycles. The van der Waals surface area contributed by atoms with Crippen molar-refractivity contribution < 1.29 is 23.5 Å². The van der Waals surface area contributed by atoms with Crippen molar-refractivity contribution in [2.75, 3.05) is 6.61 Å². The lowest BCUT2D eigenvalue weighted by Gasteiger charge is -2.07. The minimum absolute atomic E-state index is 0.0152. The monoisotopic (exact) mass is 380 g/mol. The number of para-hydroxylation sites is 1. The van der Waals surface area contributed by atoms with Crippen LogP contribution in [0.5, 0.6) is 5.75 Å². The summed E-state index contributed by atoms with van der Waals surface area (Å²) in [6, 6.07) is 5.90. The van der Waals surface area contributed by atoms with Gasteiger partial charge in [-0.1, -0.05) is 51.7 Å². The van der Waals surface area contributed by atoms with Gasteiger partial charge in [-0.2, -0.15) is 0 Å². The molecule has 5 heteroatoms. The number of halogens is 1. The smallest absolute Gasteiger partial charge is 0.311 e. The average Bonchev–Trinajstić information content (AvgIpc) is 2.62. The Morgan fingerprint density at radius 3 is 2.11 bits per heavy atom. The maximum absolute atomic E-state index is 13.4. The van der Waals surface area contributed by atoms with E-state index in [1.165, 1.54) is 12.1 Å². The van der Waals surface area contributed by atoms with E-state index in [0.717, 1.165) is 51.4 Å². The van der Waals surface area contributed by atoms with Gasteiger partial charge in [0.2, 0.25) is 0 Å². The molecule has 0 saturated carbocycles. The zero-order valence-corrected chi connectivity index (χ0v) is 16.7. The van der Waals surface area contributed by atoms with Crippen molar-refractivity contribution in [3.05, 3.63) is 30.1 Å². The normalized spacial score (nSPS) is 10.8. The lowest BCUT2D eigenvalue weighted by Crippen LogP contribution is -2.08. The van der Waals surface area contributed by atoms with E-state index in [4.69, 9.17) is 9.47 Å². The van der Waals surface area contributed by atoms with Crippen LogP contribution in [0.1, 0.15) is 78.1 Å². The zero-order valence-electron chi connectivity index (χ0n) is 16.7. The van der Waals surface area contributed by atoms with Crippen LogP contribution in [-0.2, 0) is 14.3 Å². The predicted octanol–water partition coefficient (Wildman–Crippen LogP) is 5.83. The average molecular weight is 380 g/mol. The van der Waals surface area contributed by atoms with Crippen molar-refractivity contribution in [3.8, 4) is 5.75 Å². The van der Waals surface area contributed by atoms with Crippen LogP contribution in [0.2, 0.25) is 0 Å². The van der Waals surface area contributed by atoms with Crippen LogP contribution >= 0.6 is 0 Å². The number of esters is 2. The van der Waals surface area contributed by atoms with Crippen LogP contribution in [0.3, 0.4) is 0 Å². The standard InChI is InChI=1S/C22H33FO4/c1-18(2)12-11-17-26-21(24)15-7-5-3-4-6-8-16-22(25)27-20-14-10-9-13-19(20)23/h9-10,13-14,18H,3-8,11-12,15-17H2,1-2H3. The summed E-state index contributed by atoms with van der Waals surface area (Å²) in [7, 11) is 0. The molecule has 1 rings (SSSR count). The molecule has 0 atom stereocenters. The van der Waals surface area contributed by atoms with Crippen LogP contribution in [0, 0.1) is 11.7 Å². The fourth-order valence-corrected chi connectivity index (χ4v) is 2.70. The summed E-state index contributed by atoms with van der Waals surface area (Å²) in [4.78, 5) is 23.3. The highest BCUT2D eigenvalue weighted by Crippen LogP contribution is 2.17. The van der Waals surface area contributed by atoms with Gasteiger partial charge in [0.25, 0.3) is 0 Å². The van der Waals surface area contributed by atoms with E-state index in [1.807, 2.05) is 0 Å². The Hall–Kier alpha value is -1.91. The number of ether oxygens (including phenoxy) is 2. The van der Waals surface area contributed by atoms with Gasteiger partial charge in [0.05, 0.1) is 6.61 Å². The third-order valence-electron chi connectivity index (χ3n) is 4.26. The second-order valence-corrected chi connectivity index (χ2v) is 7.28. The number of rotatable bonds is 14. The zero-order chi connectivity index (χ0) is 19.9. The maximum atomic E-state index is 13.4. The number of carbonyl (C=O) groups excluding carboxylic acids is 2. The Balaban J connectivity index is 1.93. The van der Waals surface area contributed by atoms with E-state index >= 15 is 0 Å². The SMILES string of the molecule is CC(C)CCCOC(=O)CCCCCCCCC(=O)Oc1ccccc1F. The summed E-state index contributed by atoms with van der Waals surface area (Å²) in [5.74, 6) is -0.400. The molecular formula is C22H33FO4. The first kappa shape index (κ1) is 23.1. The molecule has 0 unspecified atom stereocenters. The third kappa shape index (κ3) is 12.2. The molecule has 0 aliphatic heterocycles. The Labute approximate surface area is 162 Å². The predicted molar refractivity (Wildman–Crippen MR) is 104 cm³/mol. The van der Waals surface area contributed by atoms with E-state index in [9.17, 15) is 14.0 Å². The second-order valence-electron chi connectivity index (χ2n) is 7.28. The van der Waals surface area contributed by atoms with E-state index < -0.39 is 11.8 Å². The van der Waals surface area contributed by atoms with E-state index in [0.29, 0.717) is 18.9 Å². The van der Waals surface area contributed by atoms with Crippen molar-refractivity contribution in [1.29, 1.82) is 0 Å². The van der Waals surface area contributed by atoms with Gasteiger partial charge in [0.1, 0.15) is 0 Å². The quantitative estimate of drug-likeness (QED) is 0.231. The van der Waals surface area contributed by atoms with Crippen molar-refractivity contribution in [2.24, 2.45) is 5.92 Å². The molecule has 0 aromatic heterocycles. The van der Waals surface area contributed by atoms with Gasteiger partial charge < -0.3 is 9.47 Å². The van der Waals surface area contributed by atoms with Gasteiger partial charge in [-0.05, 0) is 43.7 Å². The summed E-state index contributed by atoms with van der Waals surface area (Å²) in [5.41, 5.74) is 0. The fourth-order valence-electron chi connectivity index (χ4n) is 2.70. The first-order chi connectivity index (χ1) is 13.0. The van der Waals surface area contributed by atoms with Crippen LogP contribution in [0.15, 0.2) is 24.3 Å². The molecule has 0 saturated heterocycles. The summed E-state index contributed by atoms with van der Waals surface area (Å²) >= 11 is 0. The molecule has 27 heavy (non-hydrogen) atoms. The Morgan fingerprint density at radius 2 is 1.48 bits per heavy atom. The highest BCUT2D eigenvalue weighted by atomic mass is 19.1. The largest absolute Gasteiger partial charge is 0.466 e. The first-order valence-electron chi connectivity index (χ1n) is 10.1. The third-order valence-corrected chi connectivity index (χ3v) is 4.26. The van der Waals surface area contributed by atoms with Crippen LogP contribution in [0.4, 0.5) is 4.39 Å². The maximum Gasteiger partial charge on any atom is 0.311 e. The Bertz CT molecular complexity index is 557. The molecule has 0 N–H and O–H groups in total. The molecule has 0 radical (unpaired) electrons. The van der Waals surface area contributed by atoms with Gasteiger partial charge in [-0.3, -0.25) is 9.59 Å². The summed E-state index contributed by atoms with van der Waals surface area (Å²) in [5, 5.41) is 0. The van der Waals surface area contributed by atoms with Gasteiger partial charge in [-0.25, -0.2) is 4.39 Å². The molecular weight excluding hydrogens is 347 g/mol. The Kier molecular flexibility index (Phi) is 12.2. The molecule has 0 aliphatic rings. The number of unbranched alkanes of at least 4 members (excludes halogenated alkanes) is 5. The summed E-state index contributed by atoms with van der Waals surface area (Å²) < 4.78 is 23.6. The molecule has 1 aromatic carbocycles. The van der Waals surface area contributed by atoms with Gasteiger partial charge in [0, 0.05) is 12.8 Å². The van der Waals surface area contributed by atoms with Crippen molar-refractivity contribution in [2.45, 2.75) is 78.1 Å². The molecule has 0 fully saturated rings. The fraction of sp³-hybridized carbons (Fsp3) is 0.636. The van der Waals surface area contributed by atoms with Gasteiger partial charge in [-0.15, -0.1) is 0 Å². The molecule has 0 bridgehead atoms. The number of hydrogen-bond acceptors (Lipinski definition) is 4. The van der Waals surface area contributed by atoms with E-state index in [2.05, 4.69) is 13.8 Å². The number of benzene rings is 1. The number of hydrogen-bond donors (Lipinski definition) is 0. The molecule has 4 nitrogen and oxygen atoms in total. The van der Waals surface area contributed by atoms with Crippen molar-refractivity contribution in [3.63, 3.8) is 0 Å². The second kappa shape index (κ2) is 14.2. The van der Waals surface area contributed by atoms with Gasteiger partial charge in [0.15, 0.2) is 11.6 Å². The molecule has 0 aliphatic carbocycles. The summed E-state index contributed by atoms with van der Waals surface area (Å²) in [6.45, 7) is 4.85. The molecule has 0 spiro atoms. The number of carbonyl (C=O) groups is 2. The van der Waals surface area contributed by atoms with Crippen LogP contribution in [-0.4, -0.2) is 18.5 Å². The highest BCUT2D eigenvalue weighted by Gasteiger charge is 2.08. The lowest BCUT2D eigenvalue weighted by atomic mass is 10.1. The minimum atomic E-state index is -0.524. The summed E-state index contributed by atoms with van der Waals surface area (Å²) in [6.07, 6.45) is 8.31. The molecule has 1 aromatic rings. The minimum Gasteiger partial charge on any atom is -0.466 e. The van der Waals surface area contributed by atoms with E-state index in [-0.39, 0.29) is 18.1 Å². The van der Waals surface area contributed by atoms with Crippen molar-refractivity contribution in [1.82, 2.24) is 0 Å². The van der Waals surface area contributed by atoms with Crippen LogP contribution < -0.4 is 4.74 Å².